The molecular formula is C10H8BrF2N3. The van der Waals surface area contributed by atoms with Crippen molar-refractivity contribution in [3.8, 4) is 5.69 Å². The first-order chi connectivity index (χ1) is 7.49. The summed E-state index contributed by atoms with van der Waals surface area (Å²) in [4.78, 5) is 4.07. The fourth-order valence-electron chi connectivity index (χ4n) is 1.41. The number of nitrogen functional groups attached to an aromatic ring is 1. The molecule has 0 aliphatic carbocycles. The number of hydrogen-bond acceptors (Lipinski definition) is 2. The van der Waals surface area contributed by atoms with E-state index in [1.807, 2.05) is 0 Å². The first-order valence-corrected chi connectivity index (χ1v) is 5.24. The fourth-order valence-corrected chi connectivity index (χ4v) is 1.98. The molecule has 1 aromatic heterocycles. The van der Waals surface area contributed by atoms with E-state index < -0.39 is 11.6 Å². The molecule has 2 rings (SSSR count). The van der Waals surface area contributed by atoms with Gasteiger partial charge in [0, 0.05) is 18.3 Å². The van der Waals surface area contributed by atoms with Crippen molar-refractivity contribution < 1.29 is 8.78 Å². The topological polar surface area (TPSA) is 43.8 Å². The van der Waals surface area contributed by atoms with Gasteiger partial charge in [-0.15, -0.1) is 0 Å². The van der Waals surface area contributed by atoms with Crippen molar-refractivity contribution in [1.29, 1.82) is 0 Å². The third kappa shape index (κ3) is 1.80. The highest BCUT2D eigenvalue weighted by molar-refractivity contribution is 9.10. The molecule has 0 unspecified atom stereocenters. The van der Waals surface area contributed by atoms with Crippen LogP contribution in [0.4, 0.5) is 14.5 Å². The lowest BCUT2D eigenvalue weighted by atomic mass is 10.2. The van der Waals surface area contributed by atoms with Gasteiger partial charge in [-0.2, -0.15) is 0 Å². The van der Waals surface area contributed by atoms with Gasteiger partial charge in [0.15, 0.2) is 10.6 Å². The van der Waals surface area contributed by atoms with E-state index in [0.717, 1.165) is 17.8 Å². The molecular weight excluding hydrogens is 280 g/mol. The van der Waals surface area contributed by atoms with Crippen molar-refractivity contribution >= 4 is 21.6 Å². The Labute approximate surface area is 99.0 Å². The molecule has 3 nitrogen and oxygen atoms in total. The summed E-state index contributed by atoms with van der Waals surface area (Å²) in [6.07, 6.45) is 1.63. The summed E-state index contributed by atoms with van der Waals surface area (Å²) >= 11 is 3.19. The van der Waals surface area contributed by atoms with E-state index >= 15 is 0 Å². The lowest BCUT2D eigenvalue weighted by Crippen LogP contribution is -2.02. The van der Waals surface area contributed by atoms with E-state index in [-0.39, 0.29) is 11.4 Å². The number of anilines is 1. The Morgan fingerprint density at radius 1 is 1.38 bits per heavy atom. The zero-order chi connectivity index (χ0) is 11.9. The van der Waals surface area contributed by atoms with E-state index in [0.29, 0.717) is 4.73 Å². The van der Waals surface area contributed by atoms with Crippen molar-refractivity contribution in [3.05, 3.63) is 40.4 Å². The number of nitrogens with two attached hydrogens (primary N) is 1. The van der Waals surface area contributed by atoms with Crippen molar-refractivity contribution in [2.45, 2.75) is 6.92 Å². The lowest BCUT2D eigenvalue weighted by Gasteiger charge is -2.08. The predicted molar refractivity (Wildman–Crippen MR) is 60.3 cm³/mol. The molecule has 0 radical (unpaired) electrons. The third-order valence-electron chi connectivity index (χ3n) is 2.12. The second kappa shape index (κ2) is 3.86. The Morgan fingerprint density at radius 2 is 2.06 bits per heavy atom. The predicted octanol–water partition coefficient (Wildman–Crippen LogP) is 2.80. The summed E-state index contributed by atoms with van der Waals surface area (Å²) in [5.41, 5.74) is 6.38. The van der Waals surface area contributed by atoms with Crippen LogP contribution in [0.3, 0.4) is 0 Å². The van der Waals surface area contributed by atoms with Crippen molar-refractivity contribution in [2.75, 3.05) is 5.73 Å². The molecule has 2 aromatic rings. The van der Waals surface area contributed by atoms with Crippen LogP contribution < -0.4 is 5.73 Å². The summed E-state index contributed by atoms with van der Waals surface area (Å²) in [5, 5.41) is 0. The summed E-state index contributed by atoms with van der Waals surface area (Å²) in [6.45, 7) is 1.77. The molecule has 0 saturated heterocycles. The summed E-state index contributed by atoms with van der Waals surface area (Å²) in [7, 11) is 0. The van der Waals surface area contributed by atoms with Gasteiger partial charge < -0.3 is 5.73 Å². The highest BCUT2D eigenvalue weighted by atomic mass is 79.9. The maximum absolute atomic E-state index is 13.3. The average molecular weight is 288 g/mol. The number of aromatic nitrogens is 2. The van der Waals surface area contributed by atoms with E-state index in [1.165, 1.54) is 4.57 Å². The Kier molecular flexibility index (Phi) is 2.67. The Balaban J connectivity index is 2.68. The van der Waals surface area contributed by atoms with E-state index in [9.17, 15) is 8.78 Å². The van der Waals surface area contributed by atoms with Crippen LogP contribution in [0, 0.1) is 18.6 Å². The van der Waals surface area contributed by atoms with E-state index in [1.54, 1.807) is 13.1 Å². The number of aryl methyl sites for hydroxylation is 1. The van der Waals surface area contributed by atoms with Crippen LogP contribution in [0.2, 0.25) is 0 Å². The standard InChI is InChI=1S/C10H8BrF2N3/c1-5-4-16(10(11)15-5)8-3-6(12)2-7(13)9(8)14/h2-4H,14H2,1H3. The van der Waals surface area contributed by atoms with Crippen LogP contribution in [0.5, 0.6) is 0 Å². The molecule has 1 heterocycles. The number of halogens is 3. The van der Waals surface area contributed by atoms with Gasteiger partial charge >= 0.3 is 0 Å². The summed E-state index contributed by atoms with van der Waals surface area (Å²) in [5.74, 6) is -1.46. The number of benzene rings is 1. The highest BCUT2D eigenvalue weighted by Gasteiger charge is 2.12. The fraction of sp³-hybridized carbons (Fsp3) is 0.100. The quantitative estimate of drug-likeness (QED) is 0.820. The zero-order valence-electron chi connectivity index (χ0n) is 8.34. The average Bonchev–Trinajstić information content (AvgIpc) is 2.51. The molecule has 0 bridgehead atoms. The second-order valence-electron chi connectivity index (χ2n) is 3.34. The number of hydrogen-bond donors (Lipinski definition) is 1. The maximum Gasteiger partial charge on any atom is 0.182 e. The minimum Gasteiger partial charge on any atom is -0.395 e. The van der Waals surface area contributed by atoms with Gasteiger partial charge in [-0.25, -0.2) is 13.8 Å². The summed E-state index contributed by atoms with van der Waals surface area (Å²) in [6, 6.07) is 1.90. The zero-order valence-corrected chi connectivity index (χ0v) is 9.92. The minimum absolute atomic E-state index is 0.112. The molecule has 84 valence electrons. The molecule has 0 spiro atoms. The van der Waals surface area contributed by atoms with Crippen molar-refractivity contribution in [2.24, 2.45) is 0 Å². The minimum atomic E-state index is -0.784. The third-order valence-corrected chi connectivity index (χ3v) is 2.67. The Bertz CT molecular complexity index is 551. The van der Waals surface area contributed by atoms with Gasteiger partial charge in [0.05, 0.1) is 17.1 Å². The first-order valence-electron chi connectivity index (χ1n) is 4.45. The normalized spacial score (nSPS) is 10.8. The molecule has 0 aliphatic heterocycles. The number of imidazole rings is 1. The Hall–Kier alpha value is -1.43. The molecule has 2 N–H and O–H groups in total. The molecule has 0 fully saturated rings. The molecule has 0 aliphatic rings. The van der Waals surface area contributed by atoms with Crippen LogP contribution in [0.1, 0.15) is 5.69 Å². The molecule has 0 amide bonds. The SMILES string of the molecule is Cc1cn(-c2cc(F)cc(F)c2N)c(Br)n1. The van der Waals surface area contributed by atoms with E-state index in [2.05, 4.69) is 20.9 Å². The van der Waals surface area contributed by atoms with Gasteiger partial charge in [-0.05, 0) is 22.9 Å². The van der Waals surface area contributed by atoms with E-state index in [4.69, 9.17) is 5.73 Å². The largest absolute Gasteiger partial charge is 0.395 e. The van der Waals surface area contributed by atoms with Gasteiger partial charge in [0.25, 0.3) is 0 Å². The summed E-state index contributed by atoms with van der Waals surface area (Å²) < 4.78 is 28.3. The van der Waals surface area contributed by atoms with Crippen molar-refractivity contribution in [3.63, 3.8) is 0 Å². The molecule has 1 aromatic carbocycles. The molecule has 6 heteroatoms. The smallest absolute Gasteiger partial charge is 0.182 e. The highest BCUT2D eigenvalue weighted by Crippen LogP contribution is 2.25. The maximum atomic E-state index is 13.3. The van der Waals surface area contributed by atoms with Crippen LogP contribution in [-0.2, 0) is 0 Å². The van der Waals surface area contributed by atoms with Gasteiger partial charge in [-0.3, -0.25) is 4.57 Å². The second-order valence-corrected chi connectivity index (χ2v) is 4.05. The van der Waals surface area contributed by atoms with Crippen molar-refractivity contribution in [1.82, 2.24) is 9.55 Å². The van der Waals surface area contributed by atoms with Crippen LogP contribution in [0.25, 0.3) is 5.69 Å². The van der Waals surface area contributed by atoms with Crippen LogP contribution in [-0.4, -0.2) is 9.55 Å². The first kappa shape index (κ1) is 11.1. The lowest BCUT2D eigenvalue weighted by molar-refractivity contribution is 0.584. The van der Waals surface area contributed by atoms with Crippen LogP contribution in [0.15, 0.2) is 23.1 Å². The van der Waals surface area contributed by atoms with Gasteiger partial charge in [0.1, 0.15) is 5.82 Å². The van der Waals surface area contributed by atoms with Gasteiger partial charge in [-0.1, -0.05) is 0 Å². The van der Waals surface area contributed by atoms with Crippen LogP contribution >= 0.6 is 15.9 Å². The molecule has 0 atom stereocenters. The molecule has 16 heavy (non-hydrogen) atoms. The number of nitrogens with zero attached hydrogens (tertiary/aromatic N) is 2. The molecule has 0 saturated carbocycles. The van der Waals surface area contributed by atoms with Gasteiger partial charge in [0.2, 0.25) is 0 Å². The monoisotopic (exact) mass is 287 g/mol. The Morgan fingerprint density at radius 3 is 2.62 bits per heavy atom. The number of rotatable bonds is 1.